The maximum Gasteiger partial charge on any atom is 0.0448 e. The molecule has 76 valence electrons. The summed E-state index contributed by atoms with van der Waals surface area (Å²) in [5, 5.41) is 6.75. The largest absolute Gasteiger partial charge is 0.385 e. The highest BCUT2D eigenvalue weighted by atomic mass is 15.1. The lowest BCUT2D eigenvalue weighted by Crippen LogP contribution is -2.01. The SMILES string of the molecule is CCNc1cc(C2CN2)ccc1CC. The molecule has 1 saturated heterocycles. The van der Waals surface area contributed by atoms with Crippen molar-refractivity contribution in [3.8, 4) is 0 Å². The second-order valence-electron chi connectivity index (χ2n) is 3.76. The number of benzene rings is 1. The molecule has 1 aliphatic heterocycles. The van der Waals surface area contributed by atoms with Crippen molar-refractivity contribution in [1.29, 1.82) is 0 Å². The van der Waals surface area contributed by atoms with Crippen LogP contribution in [0.1, 0.15) is 31.0 Å². The van der Waals surface area contributed by atoms with Crippen LogP contribution in [-0.2, 0) is 6.42 Å². The highest BCUT2D eigenvalue weighted by Crippen LogP contribution is 2.26. The fraction of sp³-hybridized carbons (Fsp3) is 0.500. The summed E-state index contributed by atoms with van der Waals surface area (Å²) >= 11 is 0. The summed E-state index contributed by atoms with van der Waals surface area (Å²) in [6.45, 7) is 6.47. The van der Waals surface area contributed by atoms with E-state index in [1.807, 2.05) is 0 Å². The van der Waals surface area contributed by atoms with E-state index in [-0.39, 0.29) is 0 Å². The molecule has 0 amide bonds. The van der Waals surface area contributed by atoms with Crippen molar-refractivity contribution in [2.75, 3.05) is 18.4 Å². The Morgan fingerprint density at radius 3 is 2.79 bits per heavy atom. The van der Waals surface area contributed by atoms with Crippen molar-refractivity contribution in [3.63, 3.8) is 0 Å². The Kier molecular flexibility index (Phi) is 2.73. The standard InChI is InChI=1S/C12H18N2/c1-3-9-5-6-10(12-8-14-12)7-11(9)13-4-2/h5-7,12-14H,3-4,8H2,1-2H3. The van der Waals surface area contributed by atoms with E-state index in [1.54, 1.807) is 0 Å². The predicted octanol–water partition coefficient (Wildman–Crippen LogP) is 2.33. The van der Waals surface area contributed by atoms with Gasteiger partial charge in [-0.1, -0.05) is 19.1 Å². The van der Waals surface area contributed by atoms with Crippen LogP contribution < -0.4 is 10.6 Å². The molecule has 2 rings (SSSR count). The van der Waals surface area contributed by atoms with Gasteiger partial charge in [0.1, 0.15) is 0 Å². The van der Waals surface area contributed by atoms with Crippen LogP contribution in [0.5, 0.6) is 0 Å². The molecule has 0 aliphatic carbocycles. The van der Waals surface area contributed by atoms with Crippen LogP contribution in [0.3, 0.4) is 0 Å². The average molecular weight is 190 g/mol. The second-order valence-corrected chi connectivity index (χ2v) is 3.76. The van der Waals surface area contributed by atoms with Gasteiger partial charge in [0, 0.05) is 24.8 Å². The first kappa shape index (κ1) is 9.53. The number of nitrogens with one attached hydrogen (secondary N) is 2. The Hall–Kier alpha value is -1.02. The van der Waals surface area contributed by atoms with Crippen LogP contribution in [0.15, 0.2) is 18.2 Å². The van der Waals surface area contributed by atoms with Gasteiger partial charge < -0.3 is 10.6 Å². The third kappa shape index (κ3) is 1.90. The minimum atomic E-state index is 0.610. The molecule has 1 aliphatic rings. The van der Waals surface area contributed by atoms with Crippen LogP contribution in [0.4, 0.5) is 5.69 Å². The zero-order valence-corrected chi connectivity index (χ0v) is 8.93. The van der Waals surface area contributed by atoms with Crippen molar-refractivity contribution in [1.82, 2.24) is 5.32 Å². The fourth-order valence-corrected chi connectivity index (χ4v) is 1.77. The fourth-order valence-electron chi connectivity index (χ4n) is 1.77. The third-order valence-electron chi connectivity index (χ3n) is 2.69. The minimum Gasteiger partial charge on any atom is -0.385 e. The third-order valence-corrected chi connectivity index (χ3v) is 2.69. The van der Waals surface area contributed by atoms with Crippen molar-refractivity contribution in [2.24, 2.45) is 0 Å². The number of rotatable bonds is 4. The lowest BCUT2D eigenvalue weighted by atomic mass is 10.0. The molecule has 2 N–H and O–H groups in total. The highest BCUT2D eigenvalue weighted by molar-refractivity contribution is 5.54. The lowest BCUT2D eigenvalue weighted by molar-refractivity contribution is 1.05. The molecule has 14 heavy (non-hydrogen) atoms. The molecule has 1 fully saturated rings. The Labute approximate surface area is 85.7 Å². The molecule has 1 unspecified atom stereocenters. The van der Waals surface area contributed by atoms with Crippen molar-refractivity contribution in [2.45, 2.75) is 26.3 Å². The summed E-state index contributed by atoms with van der Waals surface area (Å²) in [5.74, 6) is 0. The number of hydrogen-bond acceptors (Lipinski definition) is 2. The number of anilines is 1. The molecule has 0 aromatic heterocycles. The van der Waals surface area contributed by atoms with E-state index >= 15 is 0 Å². The van der Waals surface area contributed by atoms with E-state index in [0.29, 0.717) is 6.04 Å². The Morgan fingerprint density at radius 2 is 2.21 bits per heavy atom. The summed E-state index contributed by atoms with van der Waals surface area (Å²) in [6, 6.07) is 7.38. The lowest BCUT2D eigenvalue weighted by Gasteiger charge is -2.10. The van der Waals surface area contributed by atoms with Crippen LogP contribution >= 0.6 is 0 Å². The predicted molar refractivity (Wildman–Crippen MR) is 60.7 cm³/mol. The van der Waals surface area contributed by atoms with Crippen LogP contribution in [-0.4, -0.2) is 13.1 Å². The van der Waals surface area contributed by atoms with Gasteiger partial charge in [-0.15, -0.1) is 0 Å². The van der Waals surface area contributed by atoms with Crippen LogP contribution in [0, 0.1) is 0 Å². The molecule has 1 atom stereocenters. The summed E-state index contributed by atoms with van der Waals surface area (Å²) in [5.41, 5.74) is 4.13. The van der Waals surface area contributed by atoms with Gasteiger partial charge in [-0.2, -0.15) is 0 Å². The average Bonchev–Trinajstić information content (AvgIpc) is 3.01. The van der Waals surface area contributed by atoms with E-state index < -0.39 is 0 Å². The van der Waals surface area contributed by atoms with Gasteiger partial charge in [-0.05, 0) is 30.5 Å². The molecular formula is C12H18N2. The topological polar surface area (TPSA) is 34.0 Å². The van der Waals surface area contributed by atoms with Crippen LogP contribution in [0.25, 0.3) is 0 Å². The minimum absolute atomic E-state index is 0.610. The van der Waals surface area contributed by atoms with Crippen molar-refractivity contribution < 1.29 is 0 Å². The molecule has 1 aromatic carbocycles. The zero-order valence-electron chi connectivity index (χ0n) is 8.93. The number of aryl methyl sites for hydroxylation is 1. The maximum absolute atomic E-state index is 3.42. The van der Waals surface area contributed by atoms with E-state index in [2.05, 4.69) is 42.7 Å². The smallest absolute Gasteiger partial charge is 0.0448 e. The monoisotopic (exact) mass is 190 g/mol. The quantitative estimate of drug-likeness (QED) is 0.714. The zero-order chi connectivity index (χ0) is 9.97. The van der Waals surface area contributed by atoms with Crippen LogP contribution in [0.2, 0.25) is 0 Å². The molecule has 0 bridgehead atoms. The molecular weight excluding hydrogens is 172 g/mol. The Balaban J connectivity index is 2.26. The highest BCUT2D eigenvalue weighted by Gasteiger charge is 2.22. The van der Waals surface area contributed by atoms with Gasteiger partial charge in [0.05, 0.1) is 0 Å². The van der Waals surface area contributed by atoms with E-state index in [4.69, 9.17) is 0 Å². The maximum atomic E-state index is 3.42. The van der Waals surface area contributed by atoms with Crippen molar-refractivity contribution >= 4 is 5.69 Å². The Morgan fingerprint density at radius 1 is 1.43 bits per heavy atom. The molecule has 0 saturated carbocycles. The Bertz CT molecular complexity index is 316. The summed E-state index contributed by atoms with van der Waals surface area (Å²) in [6.07, 6.45) is 1.10. The van der Waals surface area contributed by atoms with Gasteiger partial charge in [-0.25, -0.2) is 0 Å². The van der Waals surface area contributed by atoms with E-state index in [9.17, 15) is 0 Å². The summed E-state index contributed by atoms with van der Waals surface area (Å²) in [7, 11) is 0. The van der Waals surface area contributed by atoms with Gasteiger partial charge in [0.25, 0.3) is 0 Å². The van der Waals surface area contributed by atoms with E-state index in [0.717, 1.165) is 19.5 Å². The van der Waals surface area contributed by atoms with Gasteiger partial charge in [0.15, 0.2) is 0 Å². The molecule has 0 spiro atoms. The van der Waals surface area contributed by atoms with Crippen molar-refractivity contribution in [3.05, 3.63) is 29.3 Å². The first-order valence-corrected chi connectivity index (χ1v) is 5.45. The first-order valence-electron chi connectivity index (χ1n) is 5.45. The normalized spacial score (nSPS) is 19.4. The first-order chi connectivity index (χ1) is 6.85. The van der Waals surface area contributed by atoms with Gasteiger partial charge in [0.2, 0.25) is 0 Å². The summed E-state index contributed by atoms with van der Waals surface area (Å²) in [4.78, 5) is 0. The van der Waals surface area contributed by atoms with E-state index in [1.165, 1.54) is 16.8 Å². The molecule has 0 radical (unpaired) electrons. The number of hydrogen-bond donors (Lipinski definition) is 2. The van der Waals surface area contributed by atoms with Gasteiger partial charge >= 0.3 is 0 Å². The molecule has 1 aromatic rings. The molecule has 2 heteroatoms. The summed E-state index contributed by atoms with van der Waals surface area (Å²) < 4.78 is 0. The molecule has 1 heterocycles. The second kappa shape index (κ2) is 4.01. The van der Waals surface area contributed by atoms with Gasteiger partial charge in [-0.3, -0.25) is 0 Å². The molecule has 2 nitrogen and oxygen atoms in total.